The number of para-hydroxylation sites is 1. The van der Waals surface area contributed by atoms with E-state index in [4.69, 9.17) is 14.6 Å². The fourth-order valence-corrected chi connectivity index (χ4v) is 7.14. The Morgan fingerprint density at radius 1 is 1.11 bits per heavy atom. The SMILES string of the molecule is Bc1cc(/C(=C/C(=N)N(C)CCO[Si](C)(C)C(C)(C)C)Nc2ccccc2)cc2c1N(Cc1ccc(OC)cc1)C(=O)C21CCC1. The van der Waals surface area contributed by atoms with E-state index in [1.54, 1.807) is 7.11 Å². The number of anilines is 2. The predicted octanol–water partition coefficient (Wildman–Crippen LogP) is 6.31. The van der Waals surface area contributed by atoms with Crippen LogP contribution >= 0.6 is 0 Å². The third-order valence-corrected chi connectivity index (χ3v) is 14.7. The first kappa shape index (κ1) is 33.5. The van der Waals surface area contributed by atoms with Crippen molar-refractivity contribution in [3.8, 4) is 5.75 Å². The second kappa shape index (κ2) is 13.1. The lowest BCUT2D eigenvalue weighted by atomic mass is 9.64. The topological polar surface area (TPSA) is 77.9 Å². The number of amides is 1. The van der Waals surface area contributed by atoms with Crippen LogP contribution in [0.15, 0.2) is 72.8 Å². The maximum absolute atomic E-state index is 14.1. The molecule has 0 saturated heterocycles. The van der Waals surface area contributed by atoms with Crippen LogP contribution in [0, 0.1) is 5.41 Å². The van der Waals surface area contributed by atoms with Crippen LogP contribution in [0.25, 0.3) is 5.70 Å². The first-order chi connectivity index (χ1) is 21.8. The van der Waals surface area contributed by atoms with Gasteiger partial charge in [0.15, 0.2) is 8.32 Å². The van der Waals surface area contributed by atoms with Crippen molar-refractivity contribution in [1.29, 1.82) is 5.41 Å². The minimum Gasteiger partial charge on any atom is -0.497 e. The molecule has 7 nitrogen and oxygen atoms in total. The summed E-state index contributed by atoms with van der Waals surface area (Å²) in [5, 5.41) is 12.8. The summed E-state index contributed by atoms with van der Waals surface area (Å²) in [7, 11) is 3.84. The van der Waals surface area contributed by atoms with Gasteiger partial charge in [0.1, 0.15) is 19.4 Å². The molecular formula is C37H49BN4O3Si. The summed E-state index contributed by atoms with van der Waals surface area (Å²) >= 11 is 0. The van der Waals surface area contributed by atoms with Gasteiger partial charge in [-0.3, -0.25) is 10.2 Å². The van der Waals surface area contributed by atoms with Crippen LogP contribution in [0.1, 0.15) is 56.7 Å². The molecule has 2 N–H and O–H groups in total. The number of likely N-dealkylation sites (N-methyl/N-ethyl adjacent to an activating group) is 1. The molecule has 1 saturated carbocycles. The van der Waals surface area contributed by atoms with Gasteiger partial charge < -0.3 is 24.3 Å². The van der Waals surface area contributed by atoms with Gasteiger partial charge in [0, 0.05) is 36.7 Å². The highest BCUT2D eigenvalue weighted by Crippen LogP contribution is 2.53. The number of nitrogens with one attached hydrogen (secondary N) is 2. The fourth-order valence-electron chi connectivity index (χ4n) is 6.10. The summed E-state index contributed by atoms with van der Waals surface area (Å²) in [6, 6.07) is 22.4. The van der Waals surface area contributed by atoms with Gasteiger partial charge in [-0.05, 0) is 78.0 Å². The van der Waals surface area contributed by atoms with Crippen molar-refractivity contribution in [3.63, 3.8) is 0 Å². The number of fused-ring (bicyclic) bond motifs is 2. The van der Waals surface area contributed by atoms with Crippen molar-refractivity contribution in [3.05, 3.63) is 89.5 Å². The monoisotopic (exact) mass is 636 g/mol. The molecule has 5 rings (SSSR count). The first-order valence-corrected chi connectivity index (χ1v) is 19.2. The lowest BCUT2D eigenvalue weighted by Gasteiger charge is -2.37. The molecule has 0 atom stereocenters. The van der Waals surface area contributed by atoms with Crippen LogP contribution in [-0.2, 0) is 21.2 Å². The highest BCUT2D eigenvalue weighted by molar-refractivity contribution is 6.74. The van der Waals surface area contributed by atoms with E-state index in [1.165, 1.54) is 0 Å². The summed E-state index contributed by atoms with van der Waals surface area (Å²) in [6.45, 7) is 13.0. The Hall–Kier alpha value is -3.82. The van der Waals surface area contributed by atoms with E-state index in [1.807, 2.05) is 77.5 Å². The first-order valence-electron chi connectivity index (χ1n) is 16.3. The van der Waals surface area contributed by atoms with E-state index in [-0.39, 0.29) is 10.9 Å². The van der Waals surface area contributed by atoms with Gasteiger partial charge in [0.25, 0.3) is 0 Å². The second-order valence-corrected chi connectivity index (χ2v) is 19.1. The lowest BCUT2D eigenvalue weighted by molar-refractivity contribution is -0.126. The van der Waals surface area contributed by atoms with Gasteiger partial charge in [0.2, 0.25) is 5.91 Å². The number of rotatable bonds is 11. The molecule has 1 aliphatic carbocycles. The van der Waals surface area contributed by atoms with E-state index in [0.29, 0.717) is 25.5 Å². The van der Waals surface area contributed by atoms with Crippen LogP contribution < -0.4 is 20.4 Å². The number of hydrogen-bond acceptors (Lipinski definition) is 5. The molecule has 1 spiro atoms. The Morgan fingerprint density at radius 3 is 2.37 bits per heavy atom. The molecule has 0 bridgehead atoms. The van der Waals surface area contributed by atoms with E-state index < -0.39 is 13.7 Å². The number of carbonyl (C=O) groups excluding carboxylic acids is 1. The van der Waals surface area contributed by atoms with Gasteiger partial charge in [0.05, 0.1) is 25.7 Å². The van der Waals surface area contributed by atoms with Crippen LogP contribution in [-0.4, -0.2) is 60.1 Å². The van der Waals surface area contributed by atoms with Crippen molar-refractivity contribution in [2.24, 2.45) is 0 Å². The average Bonchev–Trinajstić information content (AvgIpc) is 3.24. The van der Waals surface area contributed by atoms with Gasteiger partial charge in [-0.2, -0.15) is 0 Å². The maximum Gasteiger partial charge on any atom is 0.238 e. The standard InChI is InChI=1S/C37H49BN4O3Si/c1-36(2,3)46(6,7)45-21-20-41(4)33(39)24-32(40-28-12-9-8-10-13-28)27-22-30-34(31(38)23-27)42(35(43)37(30)18-11-19-37)25-26-14-16-29(44-5)17-15-26/h8-10,12-17,22-24,39-40H,11,18-21,25,38H2,1-7H3/b32-24-,39-33?. The van der Waals surface area contributed by atoms with Crippen LogP contribution in [0.2, 0.25) is 18.1 Å². The highest BCUT2D eigenvalue weighted by atomic mass is 28.4. The normalized spacial score (nSPS) is 15.8. The van der Waals surface area contributed by atoms with Crippen molar-refractivity contribution in [1.82, 2.24) is 4.90 Å². The highest BCUT2D eigenvalue weighted by Gasteiger charge is 2.54. The molecule has 1 heterocycles. The van der Waals surface area contributed by atoms with Gasteiger partial charge >= 0.3 is 0 Å². The number of hydrogen-bond donors (Lipinski definition) is 2. The van der Waals surface area contributed by atoms with Gasteiger partial charge in [-0.1, -0.05) is 69.1 Å². The van der Waals surface area contributed by atoms with E-state index in [2.05, 4.69) is 59.2 Å². The number of ether oxygens (including phenoxy) is 1. The van der Waals surface area contributed by atoms with E-state index >= 15 is 0 Å². The largest absolute Gasteiger partial charge is 0.497 e. The van der Waals surface area contributed by atoms with Crippen molar-refractivity contribution >= 4 is 50.4 Å². The lowest BCUT2D eigenvalue weighted by Crippen LogP contribution is -2.45. The Kier molecular flexibility index (Phi) is 9.57. The molecule has 0 radical (unpaired) electrons. The second-order valence-electron chi connectivity index (χ2n) is 14.3. The molecule has 0 unspecified atom stereocenters. The molecule has 1 fully saturated rings. The van der Waals surface area contributed by atoms with Gasteiger partial charge in [-0.15, -0.1) is 0 Å². The molecule has 1 amide bonds. The van der Waals surface area contributed by atoms with Crippen LogP contribution in [0.4, 0.5) is 11.4 Å². The summed E-state index contributed by atoms with van der Waals surface area (Å²) in [6.07, 6.45) is 4.67. The number of nitrogens with zero attached hydrogens (tertiary/aromatic N) is 2. The molecule has 46 heavy (non-hydrogen) atoms. The number of carbonyl (C=O) groups is 1. The molecule has 242 valence electrons. The predicted molar refractivity (Wildman–Crippen MR) is 196 cm³/mol. The molecular weight excluding hydrogens is 587 g/mol. The number of methoxy groups -OCH3 is 1. The average molecular weight is 637 g/mol. The maximum atomic E-state index is 14.1. The zero-order valence-electron chi connectivity index (χ0n) is 28.8. The smallest absolute Gasteiger partial charge is 0.238 e. The van der Waals surface area contributed by atoms with Crippen molar-refractivity contribution in [2.45, 2.75) is 70.1 Å². The van der Waals surface area contributed by atoms with Crippen molar-refractivity contribution in [2.75, 3.05) is 37.5 Å². The third kappa shape index (κ3) is 6.67. The third-order valence-electron chi connectivity index (χ3n) is 10.2. The Balaban J connectivity index is 1.47. The van der Waals surface area contributed by atoms with Crippen LogP contribution in [0.3, 0.4) is 0 Å². The van der Waals surface area contributed by atoms with E-state index in [0.717, 1.165) is 64.2 Å². The quantitative estimate of drug-likeness (QED) is 0.147. The molecule has 2 aliphatic rings. The number of amidine groups is 1. The molecule has 1 aliphatic heterocycles. The zero-order chi connectivity index (χ0) is 33.3. The Labute approximate surface area is 277 Å². The molecule has 0 aromatic heterocycles. The Bertz CT molecular complexity index is 1610. The minimum absolute atomic E-state index is 0.139. The zero-order valence-corrected chi connectivity index (χ0v) is 29.8. The Morgan fingerprint density at radius 2 is 1.78 bits per heavy atom. The fraction of sp³-hybridized carbons (Fsp3) is 0.405. The van der Waals surface area contributed by atoms with Crippen molar-refractivity contribution < 1.29 is 14.0 Å². The van der Waals surface area contributed by atoms with Gasteiger partial charge in [-0.25, -0.2) is 0 Å². The summed E-state index contributed by atoms with van der Waals surface area (Å²) in [5.74, 6) is 1.39. The summed E-state index contributed by atoms with van der Waals surface area (Å²) < 4.78 is 11.7. The molecule has 3 aromatic rings. The summed E-state index contributed by atoms with van der Waals surface area (Å²) in [4.78, 5) is 18.1. The minimum atomic E-state index is -1.87. The number of benzene rings is 3. The summed E-state index contributed by atoms with van der Waals surface area (Å²) in [5.41, 5.74) is 6.53. The molecule has 9 heteroatoms. The van der Waals surface area contributed by atoms with E-state index in [9.17, 15) is 4.79 Å². The molecule has 3 aromatic carbocycles. The van der Waals surface area contributed by atoms with Crippen LogP contribution in [0.5, 0.6) is 5.75 Å².